The second-order valence-corrected chi connectivity index (χ2v) is 5.31. The monoisotopic (exact) mass is 292 g/mol. The van der Waals surface area contributed by atoms with Gasteiger partial charge in [0.25, 0.3) is 5.91 Å². The number of carbonyl (C=O) groups is 2. The van der Waals surface area contributed by atoms with Crippen molar-refractivity contribution in [1.29, 1.82) is 0 Å². The van der Waals surface area contributed by atoms with E-state index in [1.165, 1.54) is 7.11 Å². The predicted octanol–water partition coefficient (Wildman–Crippen LogP) is 1.98. The Bertz CT molecular complexity index is 486. The molecule has 0 radical (unpaired) electrons. The van der Waals surface area contributed by atoms with Crippen molar-refractivity contribution in [3.05, 3.63) is 29.8 Å². The number of hydrogen-bond acceptors (Lipinski definition) is 3. The topological polar surface area (TPSA) is 67.4 Å². The van der Waals surface area contributed by atoms with Gasteiger partial charge >= 0.3 is 0 Å². The first-order valence-electron chi connectivity index (χ1n) is 7.16. The Balaban J connectivity index is 2.42. The van der Waals surface area contributed by atoms with Gasteiger partial charge in [-0.3, -0.25) is 9.59 Å². The molecular formula is C16H24N2O3. The fraction of sp³-hybridized carbons (Fsp3) is 0.500. The lowest BCUT2D eigenvalue weighted by Crippen LogP contribution is -2.38. The van der Waals surface area contributed by atoms with E-state index < -0.39 is 0 Å². The SMILES string of the molecule is COc1ccccc1C(=O)NCCC(=O)NC(C)C(C)C. The lowest BCUT2D eigenvalue weighted by atomic mass is 10.1. The molecule has 2 N–H and O–H groups in total. The summed E-state index contributed by atoms with van der Waals surface area (Å²) in [6, 6.07) is 7.12. The van der Waals surface area contributed by atoms with Crippen molar-refractivity contribution in [3.63, 3.8) is 0 Å². The normalized spacial score (nSPS) is 11.9. The zero-order valence-corrected chi connectivity index (χ0v) is 13.1. The van der Waals surface area contributed by atoms with Gasteiger partial charge < -0.3 is 15.4 Å². The Labute approximate surface area is 126 Å². The number of benzene rings is 1. The van der Waals surface area contributed by atoms with E-state index in [9.17, 15) is 9.59 Å². The van der Waals surface area contributed by atoms with Crippen molar-refractivity contribution in [3.8, 4) is 5.75 Å². The molecule has 0 saturated carbocycles. The molecule has 1 rings (SSSR count). The summed E-state index contributed by atoms with van der Waals surface area (Å²) in [6.45, 7) is 6.37. The highest BCUT2D eigenvalue weighted by Gasteiger charge is 2.13. The van der Waals surface area contributed by atoms with Gasteiger partial charge in [-0.05, 0) is 25.0 Å². The van der Waals surface area contributed by atoms with Gasteiger partial charge in [0.05, 0.1) is 12.7 Å². The number of methoxy groups -OCH3 is 1. The Kier molecular flexibility index (Phi) is 6.72. The molecule has 0 fully saturated rings. The first-order valence-corrected chi connectivity index (χ1v) is 7.16. The molecule has 5 nitrogen and oxygen atoms in total. The number of rotatable bonds is 7. The van der Waals surface area contributed by atoms with E-state index in [1.54, 1.807) is 24.3 Å². The molecule has 0 aromatic heterocycles. The highest BCUT2D eigenvalue weighted by molar-refractivity contribution is 5.97. The average Bonchev–Trinajstić information content (AvgIpc) is 2.46. The molecule has 0 aliphatic rings. The lowest BCUT2D eigenvalue weighted by molar-refractivity contribution is -0.121. The summed E-state index contributed by atoms with van der Waals surface area (Å²) >= 11 is 0. The molecule has 21 heavy (non-hydrogen) atoms. The van der Waals surface area contributed by atoms with Crippen LogP contribution in [-0.2, 0) is 4.79 Å². The summed E-state index contributed by atoms with van der Waals surface area (Å²) in [5.74, 6) is 0.610. The third-order valence-electron chi connectivity index (χ3n) is 3.38. The minimum atomic E-state index is -0.239. The van der Waals surface area contributed by atoms with Crippen molar-refractivity contribution in [2.24, 2.45) is 5.92 Å². The molecular weight excluding hydrogens is 268 g/mol. The van der Waals surface area contributed by atoms with E-state index in [0.717, 1.165) is 0 Å². The van der Waals surface area contributed by atoms with Crippen LogP contribution in [0, 0.1) is 5.92 Å². The smallest absolute Gasteiger partial charge is 0.255 e. The molecule has 1 unspecified atom stereocenters. The fourth-order valence-corrected chi connectivity index (χ4v) is 1.71. The lowest BCUT2D eigenvalue weighted by Gasteiger charge is -2.17. The Hall–Kier alpha value is -2.04. The Morgan fingerprint density at radius 2 is 1.86 bits per heavy atom. The van der Waals surface area contributed by atoms with Crippen LogP contribution < -0.4 is 15.4 Å². The third-order valence-corrected chi connectivity index (χ3v) is 3.38. The van der Waals surface area contributed by atoms with Gasteiger partial charge in [-0.2, -0.15) is 0 Å². The number of carbonyl (C=O) groups excluding carboxylic acids is 2. The van der Waals surface area contributed by atoms with Gasteiger partial charge in [0, 0.05) is 19.0 Å². The van der Waals surface area contributed by atoms with Crippen LogP contribution in [0.3, 0.4) is 0 Å². The van der Waals surface area contributed by atoms with Crippen molar-refractivity contribution in [1.82, 2.24) is 10.6 Å². The van der Waals surface area contributed by atoms with Crippen LogP contribution in [0.4, 0.5) is 0 Å². The fourth-order valence-electron chi connectivity index (χ4n) is 1.71. The predicted molar refractivity (Wildman–Crippen MR) is 82.4 cm³/mol. The van der Waals surface area contributed by atoms with Crippen LogP contribution in [0.15, 0.2) is 24.3 Å². The second-order valence-electron chi connectivity index (χ2n) is 5.31. The maximum atomic E-state index is 12.0. The molecule has 0 heterocycles. The Morgan fingerprint density at radius 1 is 1.19 bits per heavy atom. The molecule has 0 bridgehead atoms. The molecule has 1 aromatic rings. The van der Waals surface area contributed by atoms with Crippen molar-refractivity contribution < 1.29 is 14.3 Å². The first kappa shape index (κ1) is 17.0. The van der Waals surface area contributed by atoms with Gasteiger partial charge in [-0.25, -0.2) is 0 Å². The van der Waals surface area contributed by atoms with Crippen LogP contribution in [0.25, 0.3) is 0 Å². The van der Waals surface area contributed by atoms with E-state index in [-0.39, 0.29) is 24.3 Å². The van der Waals surface area contributed by atoms with Gasteiger partial charge in [0.1, 0.15) is 5.75 Å². The quantitative estimate of drug-likeness (QED) is 0.807. The van der Waals surface area contributed by atoms with Crippen molar-refractivity contribution in [2.45, 2.75) is 33.2 Å². The maximum Gasteiger partial charge on any atom is 0.255 e. The molecule has 5 heteroatoms. The van der Waals surface area contributed by atoms with Crippen LogP contribution in [0.5, 0.6) is 5.75 Å². The summed E-state index contributed by atoms with van der Waals surface area (Å²) in [7, 11) is 1.52. The van der Waals surface area contributed by atoms with Crippen molar-refractivity contribution >= 4 is 11.8 Å². The zero-order valence-electron chi connectivity index (χ0n) is 13.1. The van der Waals surface area contributed by atoms with Crippen molar-refractivity contribution in [2.75, 3.05) is 13.7 Å². The van der Waals surface area contributed by atoms with Crippen LogP contribution in [0.1, 0.15) is 37.6 Å². The Morgan fingerprint density at radius 3 is 2.48 bits per heavy atom. The number of nitrogens with one attached hydrogen (secondary N) is 2. The number of para-hydroxylation sites is 1. The van der Waals surface area contributed by atoms with E-state index >= 15 is 0 Å². The summed E-state index contributed by atoms with van der Waals surface area (Å²) < 4.78 is 5.13. The molecule has 1 aromatic carbocycles. The van der Waals surface area contributed by atoms with Crippen LogP contribution in [-0.4, -0.2) is 31.5 Å². The van der Waals surface area contributed by atoms with Crippen LogP contribution >= 0.6 is 0 Å². The van der Waals surface area contributed by atoms with Gasteiger partial charge in [0.2, 0.25) is 5.91 Å². The van der Waals surface area contributed by atoms with E-state index in [4.69, 9.17) is 4.74 Å². The number of amides is 2. The molecule has 0 aliphatic carbocycles. The largest absolute Gasteiger partial charge is 0.496 e. The van der Waals surface area contributed by atoms with Gasteiger partial charge in [-0.1, -0.05) is 26.0 Å². The molecule has 0 aliphatic heterocycles. The average molecular weight is 292 g/mol. The van der Waals surface area contributed by atoms with E-state index in [2.05, 4.69) is 24.5 Å². The van der Waals surface area contributed by atoms with Gasteiger partial charge in [0.15, 0.2) is 0 Å². The summed E-state index contributed by atoms with van der Waals surface area (Å²) in [5, 5.41) is 5.63. The molecule has 116 valence electrons. The summed E-state index contributed by atoms with van der Waals surface area (Å²) in [4.78, 5) is 23.7. The minimum Gasteiger partial charge on any atom is -0.496 e. The minimum absolute atomic E-state index is 0.0588. The maximum absolute atomic E-state index is 12.0. The van der Waals surface area contributed by atoms with E-state index in [1.807, 2.05) is 6.92 Å². The third kappa shape index (κ3) is 5.45. The zero-order chi connectivity index (χ0) is 15.8. The molecule has 0 spiro atoms. The highest BCUT2D eigenvalue weighted by Crippen LogP contribution is 2.16. The number of ether oxygens (including phenoxy) is 1. The standard InChI is InChI=1S/C16H24N2O3/c1-11(2)12(3)18-15(19)9-10-17-16(20)13-7-5-6-8-14(13)21-4/h5-8,11-12H,9-10H2,1-4H3,(H,17,20)(H,18,19). The molecule has 2 amide bonds. The first-order chi connectivity index (χ1) is 9.95. The molecule has 1 atom stereocenters. The summed E-state index contributed by atoms with van der Waals surface area (Å²) in [5.41, 5.74) is 0.468. The summed E-state index contributed by atoms with van der Waals surface area (Å²) in [6.07, 6.45) is 0.262. The molecule has 0 saturated heterocycles. The van der Waals surface area contributed by atoms with Gasteiger partial charge in [-0.15, -0.1) is 0 Å². The van der Waals surface area contributed by atoms with E-state index in [0.29, 0.717) is 23.8 Å². The second kappa shape index (κ2) is 8.29. The highest BCUT2D eigenvalue weighted by atomic mass is 16.5. The van der Waals surface area contributed by atoms with Crippen LogP contribution in [0.2, 0.25) is 0 Å². The number of hydrogen-bond donors (Lipinski definition) is 2.